The summed E-state index contributed by atoms with van der Waals surface area (Å²) < 4.78 is 16.4. The Balaban J connectivity index is 1.64. The Labute approximate surface area is 201 Å². The number of nitro groups is 1. The fourth-order valence-electron chi connectivity index (χ4n) is 2.90. The van der Waals surface area contributed by atoms with Gasteiger partial charge in [-0.15, -0.1) is 0 Å². The van der Waals surface area contributed by atoms with Crippen LogP contribution in [0.3, 0.4) is 0 Å². The summed E-state index contributed by atoms with van der Waals surface area (Å²) in [4.78, 5) is 35.2. The summed E-state index contributed by atoms with van der Waals surface area (Å²) in [5, 5.41) is 15.0. The lowest BCUT2D eigenvalue weighted by molar-refractivity contribution is -0.386. The van der Waals surface area contributed by atoms with E-state index in [1.165, 1.54) is 31.3 Å². The molecule has 1 amide bonds. The van der Waals surface area contributed by atoms with Crippen LogP contribution in [0.2, 0.25) is 0 Å². The van der Waals surface area contributed by atoms with E-state index in [1.807, 2.05) is 0 Å². The Bertz CT molecular complexity index is 1230. The fourth-order valence-corrected chi connectivity index (χ4v) is 2.90. The van der Waals surface area contributed by atoms with Crippen molar-refractivity contribution in [3.8, 4) is 17.2 Å². The van der Waals surface area contributed by atoms with Crippen molar-refractivity contribution < 1.29 is 28.7 Å². The lowest BCUT2D eigenvalue weighted by atomic mass is 10.2. The zero-order valence-corrected chi connectivity index (χ0v) is 19.0. The molecule has 0 unspecified atom stereocenters. The number of rotatable bonds is 10. The molecule has 0 bridgehead atoms. The molecule has 10 nitrogen and oxygen atoms in total. The van der Waals surface area contributed by atoms with Crippen LogP contribution in [0.25, 0.3) is 0 Å². The van der Waals surface area contributed by atoms with Gasteiger partial charge in [-0.25, -0.2) is 10.2 Å². The predicted molar refractivity (Wildman–Crippen MR) is 128 cm³/mol. The predicted octanol–water partition coefficient (Wildman–Crippen LogP) is 4.13. The van der Waals surface area contributed by atoms with Crippen molar-refractivity contribution in [3.05, 3.63) is 94.0 Å². The third kappa shape index (κ3) is 6.87. The first-order chi connectivity index (χ1) is 16.9. The molecule has 180 valence electrons. The van der Waals surface area contributed by atoms with Crippen LogP contribution in [-0.4, -0.2) is 35.7 Å². The second-order valence-corrected chi connectivity index (χ2v) is 7.11. The average molecular weight is 477 g/mol. The van der Waals surface area contributed by atoms with Crippen molar-refractivity contribution in [2.45, 2.75) is 20.0 Å². The Kier molecular flexibility index (Phi) is 8.49. The third-order valence-corrected chi connectivity index (χ3v) is 4.60. The molecule has 0 fully saturated rings. The molecule has 10 heteroatoms. The monoisotopic (exact) mass is 477 g/mol. The van der Waals surface area contributed by atoms with Crippen LogP contribution in [0.15, 0.2) is 77.9 Å². The lowest BCUT2D eigenvalue weighted by Gasteiger charge is -2.13. The van der Waals surface area contributed by atoms with Gasteiger partial charge in [0.25, 0.3) is 5.91 Å². The molecular weight excluding hydrogens is 454 g/mol. The SMILES string of the molecule is CCOc1cc(/C=N\NC(=O)[C@H](C)Oc2ccccc2[N+](=O)[O-])ccc1OC(=O)c1ccccc1. The van der Waals surface area contributed by atoms with Crippen LogP contribution in [0.1, 0.15) is 29.8 Å². The van der Waals surface area contributed by atoms with Crippen molar-refractivity contribution in [2.75, 3.05) is 6.61 Å². The van der Waals surface area contributed by atoms with Crippen molar-refractivity contribution in [3.63, 3.8) is 0 Å². The fraction of sp³-hybridized carbons (Fsp3) is 0.160. The molecule has 0 aromatic heterocycles. The van der Waals surface area contributed by atoms with E-state index in [-0.39, 0.29) is 17.2 Å². The van der Waals surface area contributed by atoms with Gasteiger partial charge in [0.1, 0.15) is 0 Å². The van der Waals surface area contributed by atoms with E-state index < -0.39 is 22.9 Å². The quantitative estimate of drug-likeness (QED) is 0.153. The number of carbonyl (C=O) groups is 2. The van der Waals surface area contributed by atoms with E-state index in [4.69, 9.17) is 14.2 Å². The second kappa shape index (κ2) is 11.9. The van der Waals surface area contributed by atoms with Crippen LogP contribution >= 0.6 is 0 Å². The van der Waals surface area contributed by atoms with Gasteiger partial charge in [0.15, 0.2) is 23.4 Å². The van der Waals surface area contributed by atoms with Gasteiger partial charge in [-0.1, -0.05) is 30.3 Å². The Morgan fingerprint density at radius 3 is 2.46 bits per heavy atom. The van der Waals surface area contributed by atoms with E-state index in [9.17, 15) is 19.7 Å². The summed E-state index contributed by atoms with van der Waals surface area (Å²) >= 11 is 0. The molecule has 35 heavy (non-hydrogen) atoms. The first-order valence-corrected chi connectivity index (χ1v) is 10.7. The Morgan fingerprint density at radius 1 is 1.03 bits per heavy atom. The number of hydrogen-bond donors (Lipinski definition) is 1. The van der Waals surface area contributed by atoms with Crippen LogP contribution in [0.4, 0.5) is 5.69 Å². The highest BCUT2D eigenvalue weighted by molar-refractivity contribution is 5.91. The summed E-state index contributed by atoms with van der Waals surface area (Å²) in [6.45, 7) is 3.58. The maximum Gasteiger partial charge on any atom is 0.343 e. The Hall–Kier alpha value is -4.73. The van der Waals surface area contributed by atoms with Gasteiger partial charge in [0.05, 0.1) is 23.3 Å². The average Bonchev–Trinajstić information content (AvgIpc) is 2.86. The number of nitrogens with one attached hydrogen (secondary N) is 1. The van der Waals surface area contributed by atoms with Crippen molar-refractivity contribution in [1.29, 1.82) is 0 Å². The number of nitro benzene ring substituents is 1. The highest BCUT2D eigenvalue weighted by atomic mass is 16.6. The van der Waals surface area contributed by atoms with Crippen LogP contribution in [0.5, 0.6) is 17.2 Å². The van der Waals surface area contributed by atoms with E-state index in [1.54, 1.807) is 61.5 Å². The third-order valence-electron chi connectivity index (χ3n) is 4.60. The molecule has 0 saturated heterocycles. The number of para-hydroxylation sites is 2. The van der Waals surface area contributed by atoms with Gasteiger partial charge >= 0.3 is 11.7 Å². The van der Waals surface area contributed by atoms with Crippen LogP contribution in [-0.2, 0) is 4.79 Å². The minimum Gasteiger partial charge on any atom is -0.490 e. The first-order valence-electron chi connectivity index (χ1n) is 10.7. The molecule has 3 aromatic carbocycles. The van der Waals surface area contributed by atoms with Crippen molar-refractivity contribution >= 4 is 23.8 Å². The standard InChI is InChI=1S/C25H23N3O7/c1-3-33-23-15-18(13-14-22(23)35-25(30)19-9-5-4-6-10-19)16-26-27-24(29)17(2)34-21-12-8-7-11-20(21)28(31)32/h4-17H,3H2,1-2H3,(H,27,29)/b26-16-/t17-/m0/s1. The van der Waals surface area contributed by atoms with E-state index in [0.717, 1.165) is 0 Å². The molecule has 1 atom stereocenters. The molecule has 0 aliphatic carbocycles. The summed E-state index contributed by atoms with van der Waals surface area (Å²) in [7, 11) is 0. The van der Waals surface area contributed by atoms with Crippen molar-refractivity contribution in [2.24, 2.45) is 5.10 Å². The molecule has 0 aliphatic rings. The van der Waals surface area contributed by atoms with E-state index in [0.29, 0.717) is 23.5 Å². The van der Waals surface area contributed by atoms with Crippen molar-refractivity contribution in [1.82, 2.24) is 5.43 Å². The van der Waals surface area contributed by atoms with Gasteiger partial charge in [-0.05, 0) is 55.8 Å². The highest BCUT2D eigenvalue weighted by Gasteiger charge is 2.20. The number of carbonyl (C=O) groups excluding carboxylic acids is 2. The summed E-state index contributed by atoms with van der Waals surface area (Å²) in [5.74, 6) is -0.564. The first kappa shape index (κ1) is 24.9. The minimum absolute atomic E-state index is 0.0221. The van der Waals surface area contributed by atoms with Gasteiger partial charge in [0.2, 0.25) is 0 Å². The number of ether oxygens (including phenoxy) is 3. The molecular formula is C25H23N3O7. The van der Waals surface area contributed by atoms with Gasteiger partial charge in [-0.2, -0.15) is 5.10 Å². The molecule has 0 radical (unpaired) electrons. The summed E-state index contributed by atoms with van der Waals surface area (Å²) in [6.07, 6.45) is 0.341. The molecule has 3 aromatic rings. The molecule has 0 aliphatic heterocycles. The summed E-state index contributed by atoms with van der Waals surface area (Å²) in [5.41, 5.74) is 3.06. The smallest absolute Gasteiger partial charge is 0.343 e. The number of amides is 1. The van der Waals surface area contributed by atoms with Crippen LogP contribution < -0.4 is 19.6 Å². The summed E-state index contributed by atoms with van der Waals surface area (Å²) in [6, 6.07) is 19.2. The lowest BCUT2D eigenvalue weighted by Crippen LogP contribution is -2.33. The van der Waals surface area contributed by atoms with Gasteiger partial charge in [0, 0.05) is 6.07 Å². The number of esters is 1. The number of nitrogens with zero attached hydrogens (tertiary/aromatic N) is 2. The van der Waals surface area contributed by atoms with E-state index in [2.05, 4.69) is 10.5 Å². The molecule has 3 rings (SSSR count). The zero-order valence-electron chi connectivity index (χ0n) is 19.0. The second-order valence-electron chi connectivity index (χ2n) is 7.11. The van der Waals surface area contributed by atoms with Gasteiger partial charge < -0.3 is 14.2 Å². The normalized spacial score (nSPS) is 11.5. The molecule has 0 spiro atoms. The number of hydrazone groups is 1. The largest absolute Gasteiger partial charge is 0.490 e. The van der Waals surface area contributed by atoms with Gasteiger partial charge in [-0.3, -0.25) is 14.9 Å². The molecule has 0 heterocycles. The molecule has 0 saturated carbocycles. The molecule has 1 N–H and O–H groups in total. The number of hydrogen-bond acceptors (Lipinski definition) is 8. The van der Waals surface area contributed by atoms with Crippen LogP contribution in [0, 0.1) is 10.1 Å². The van der Waals surface area contributed by atoms with E-state index >= 15 is 0 Å². The number of benzene rings is 3. The maximum atomic E-state index is 12.4. The topological polar surface area (TPSA) is 129 Å². The minimum atomic E-state index is -1.04. The maximum absolute atomic E-state index is 12.4. The zero-order chi connectivity index (χ0) is 25.2. The highest BCUT2D eigenvalue weighted by Crippen LogP contribution is 2.29. The Morgan fingerprint density at radius 2 is 1.74 bits per heavy atom.